The standard InChI is InChI=1S/C13H22O7/c1-5-6-13-8(15)7(14)12(3,20-13)11(2,17)9(19-13)10(16)18-4/h7-9,14-15,17H,5-6H2,1-4H3/t7-,8-,9?,11?,12?,13?/m1/s1. The van der Waals surface area contributed by atoms with Crippen LogP contribution < -0.4 is 0 Å². The molecule has 3 N–H and O–H groups in total. The Morgan fingerprint density at radius 1 is 1.30 bits per heavy atom. The minimum Gasteiger partial charge on any atom is -0.467 e. The fraction of sp³-hybridized carbons (Fsp3) is 0.923. The lowest BCUT2D eigenvalue weighted by Crippen LogP contribution is -2.69. The molecule has 2 aliphatic heterocycles. The molecule has 2 fully saturated rings. The molecule has 2 bridgehead atoms. The van der Waals surface area contributed by atoms with Crippen molar-refractivity contribution in [3.63, 3.8) is 0 Å². The highest BCUT2D eigenvalue weighted by atomic mass is 16.8. The lowest BCUT2D eigenvalue weighted by Gasteiger charge is -2.50. The van der Waals surface area contributed by atoms with Gasteiger partial charge in [0.2, 0.25) is 0 Å². The zero-order chi connectivity index (χ0) is 15.3. The maximum Gasteiger partial charge on any atom is 0.338 e. The van der Waals surface area contributed by atoms with Crippen molar-refractivity contribution in [2.75, 3.05) is 7.11 Å². The molecule has 0 saturated carbocycles. The highest BCUT2D eigenvalue weighted by Crippen LogP contribution is 2.53. The van der Waals surface area contributed by atoms with Crippen molar-refractivity contribution in [1.29, 1.82) is 0 Å². The average Bonchev–Trinajstić information content (AvgIpc) is 2.56. The van der Waals surface area contributed by atoms with Crippen molar-refractivity contribution in [2.45, 2.75) is 68.9 Å². The fourth-order valence-electron chi connectivity index (χ4n) is 3.08. The Morgan fingerprint density at radius 3 is 2.40 bits per heavy atom. The van der Waals surface area contributed by atoms with Gasteiger partial charge in [-0.25, -0.2) is 4.79 Å². The van der Waals surface area contributed by atoms with Gasteiger partial charge in [-0.1, -0.05) is 13.3 Å². The van der Waals surface area contributed by atoms with Crippen LogP contribution in [0.4, 0.5) is 0 Å². The van der Waals surface area contributed by atoms with E-state index in [4.69, 9.17) is 9.47 Å². The second-order valence-electron chi connectivity index (χ2n) is 5.83. The molecule has 7 heteroatoms. The van der Waals surface area contributed by atoms with Gasteiger partial charge in [-0.3, -0.25) is 0 Å². The molecule has 0 aliphatic carbocycles. The number of fused-ring (bicyclic) bond motifs is 2. The number of rotatable bonds is 3. The first kappa shape index (κ1) is 15.7. The van der Waals surface area contributed by atoms with Crippen molar-refractivity contribution in [3.8, 4) is 0 Å². The van der Waals surface area contributed by atoms with Crippen LogP contribution in [-0.2, 0) is 19.0 Å². The highest BCUT2D eigenvalue weighted by molar-refractivity contribution is 5.77. The topological polar surface area (TPSA) is 105 Å². The van der Waals surface area contributed by atoms with E-state index in [0.717, 1.165) is 0 Å². The fourth-order valence-corrected chi connectivity index (χ4v) is 3.08. The van der Waals surface area contributed by atoms with Gasteiger partial charge in [-0.2, -0.15) is 0 Å². The van der Waals surface area contributed by atoms with Gasteiger partial charge in [0.05, 0.1) is 7.11 Å². The third-order valence-corrected chi connectivity index (χ3v) is 4.55. The Labute approximate surface area is 117 Å². The monoisotopic (exact) mass is 290 g/mol. The second kappa shape index (κ2) is 4.64. The second-order valence-corrected chi connectivity index (χ2v) is 5.83. The predicted molar refractivity (Wildman–Crippen MR) is 66.7 cm³/mol. The van der Waals surface area contributed by atoms with Crippen LogP contribution in [0.5, 0.6) is 0 Å². The number of aliphatic hydroxyl groups is 3. The molecular weight excluding hydrogens is 268 g/mol. The van der Waals surface area contributed by atoms with Gasteiger partial charge < -0.3 is 29.5 Å². The minimum absolute atomic E-state index is 0.282. The van der Waals surface area contributed by atoms with E-state index in [1.165, 1.54) is 21.0 Å². The molecule has 0 aromatic carbocycles. The third kappa shape index (κ3) is 1.74. The zero-order valence-corrected chi connectivity index (χ0v) is 12.1. The third-order valence-electron chi connectivity index (χ3n) is 4.55. The van der Waals surface area contributed by atoms with Gasteiger partial charge in [0.1, 0.15) is 23.4 Å². The van der Waals surface area contributed by atoms with Crippen LogP contribution in [0, 0.1) is 0 Å². The van der Waals surface area contributed by atoms with Gasteiger partial charge in [-0.15, -0.1) is 0 Å². The van der Waals surface area contributed by atoms with Crippen LogP contribution in [0.15, 0.2) is 0 Å². The number of carbonyl (C=O) groups excluding carboxylic acids is 1. The van der Waals surface area contributed by atoms with E-state index in [1.807, 2.05) is 6.92 Å². The normalized spacial score (nSPS) is 51.0. The zero-order valence-electron chi connectivity index (χ0n) is 12.1. The van der Waals surface area contributed by atoms with Crippen LogP contribution in [0.2, 0.25) is 0 Å². The summed E-state index contributed by atoms with van der Waals surface area (Å²) in [6, 6.07) is 0. The van der Waals surface area contributed by atoms with Crippen molar-refractivity contribution in [1.82, 2.24) is 0 Å². The SMILES string of the molecule is CCCC12OC(C(=O)OC)C(C)(O)C(C)(O1)[C@H](O)[C@H]2O. The summed E-state index contributed by atoms with van der Waals surface area (Å²) in [4.78, 5) is 11.9. The number of esters is 1. The summed E-state index contributed by atoms with van der Waals surface area (Å²) in [5.74, 6) is -2.28. The smallest absolute Gasteiger partial charge is 0.338 e. The first-order chi connectivity index (χ1) is 9.16. The molecule has 0 radical (unpaired) electrons. The van der Waals surface area contributed by atoms with E-state index in [1.54, 1.807) is 0 Å². The Kier molecular flexibility index (Phi) is 3.63. The van der Waals surface area contributed by atoms with Crippen molar-refractivity contribution in [2.24, 2.45) is 0 Å². The molecule has 0 aromatic rings. The molecule has 0 spiro atoms. The number of ether oxygens (including phenoxy) is 3. The van der Waals surface area contributed by atoms with E-state index in [2.05, 4.69) is 4.74 Å². The number of aliphatic hydroxyl groups excluding tert-OH is 2. The van der Waals surface area contributed by atoms with E-state index in [-0.39, 0.29) is 6.42 Å². The molecule has 20 heavy (non-hydrogen) atoms. The van der Waals surface area contributed by atoms with Crippen LogP contribution in [0.1, 0.15) is 33.6 Å². The summed E-state index contributed by atoms with van der Waals surface area (Å²) in [6.07, 6.45) is -3.18. The van der Waals surface area contributed by atoms with Crippen molar-refractivity contribution < 1.29 is 34.3 Å². The Hall–Kier alpha value is -0.730. The van der Waals surface area contributed by atoms with Gasteiger partial charge in [0.25, 0.3) is 0 Å². The molecule has 2 heterocycles. The van der Waals surface area contributed by atoms with Gasteiger partial charge >= 0.3 is 5.97 Å². The van der Waals surface area contributed by atoms with Crippen LogP contribution in [-0.4, -0.2) is 63.7 Å². The molecule has 7 nitrogen and oxygen atoms in total. The average molecular weight is 290 g/mol. The van der Waals surface area contributed by atoms with E-state index < -0.39 is 41.3 Å². The molecule has 116 valence electrons. The molecule has 0 amide bonds. The minimum atomic E-state index is -1.84. The maximum atomic E-state index is 11.9. The Morgan fingerprint density at radius 2 is 1.90 bits per heavy atom. The van der Waals surface area contributed by atoms with E-state index in [9.17, 15) is 20.1 Å². The number of hydrogen-bond acceptors (Lipinski definition) is 7. The van der Waals surface area contributed by atoms with E-state index >= 15 is 0 Å². The molecular formula is C13H22O7. The lowest BCUT2D eigenvalue weighted by molar-refractivity contribution is -0.380. The van der Waals surface area contributed by atoms with Crippen molar-refractivity contribution >= 4 is 5.97 Å². The molecule has 2 aliphatic rings. The van der Waals surface area contributed by atoms with Gasteiger partial charge in [0, 0.05) is 6.42 Å². The molecule has 0 aromatic heterocycles. The quantitative estimate of drug-likeness (QED) is 0.591. The summed E-state index contributed by atoms with van der Waals surface area (Å²) in [7, 11) is 1.18. The number of methoxy groups -OCH3 is 1. The summed E-state index contributed by atoms with van der Waals surface area (Å²) >= 11 is 0. The molecule has 6 atom stereocenters. The van der Waals surface area contributed by atoms with Gasteiger partial charge in [0.15, 0.2) is 11.9 Å². The molecule has 2 rings (SSSR count). The van der Waals surface area contributed by atoms with Crippen LogP contribution in [0.25, 0.3) is 0 Å². The molecule has 4 unspecified atom stereocenters. The Bertz CT molecular complexity index is 410. The maximum absolute atomic E-state index is 11.9. The Balaban J connectivity index is 2.50. The number of carbonyl (C=O) groups is 1. The van der Waals surface area contributed by atoms with E-state index in [0.29, 0.717) is 6.42 Å². The summed E-state index contributed by atoms with van der Waals surface area (Å²) in [5, 5.41) is 31.1. The van der Waals surface area contributed by atoms with Crippen molar-refractivity contribution in [3.05, 3.63) is 0 Å². The van der Waals surface area contributed by atoms with Crippen LogP contribution in [0.3, 0.4) is 0 Å². The number of hydrogen-bond donors (Lipinski definition) is 3. The lowest BCUT2D eigenvalue weighted by atomic mass is 9.77. The van der Waals surface area contributed by atoms with Crippen LogP contribution >= 0.6 is 0 Å². The summed E-state index contributed by atoms with van der Waals surface area (Å²) in [5.41, 5.74) is -3.37. The summed E-state index contributed by atoms with van der Waals surface area (Å²) in [6.45, 7) is 4.64. The predicted octanol–water partition coefficient (Wildman–Crippen LogP) is -0.684. The molecule has 2 saturated heterocycles. The largest absolute Gasteiger partial charge is 0.467 e. The first-order valence-electron chi connectivity index (χ1n) is 6.70. The first-order valence-corrected chi connectivity index (χ1v) is 6.70. The summed E-state index contributed by atoms with van der Waals surface area (Å²) < 4.78 is 15.9. The highest BCUT2D eigenvalue weighted by Gasteiger charge is 2.74. The van der Waals surface area contributed by atoms with Gasteiger partial charge in [-0.05, 0) is 13.8 Å².